The first-order chi connectivity index (χ1) is 6.86. The largest absolute Gasteiger partial charge is 0.311 e. The molecule has 0 radical (unpaired) electrons. The molecular formula is C12H14BrN. The molecule has 1 nitrogen and oxygen atoms in total. The highest BCUT2D eigenvalue weighted by atomic mass is 79.9. The molecule has 1 N–H and O–H groups in total. The van der Waals surface area contributed by atoms with Crippen LogP contribution >= 0.6 is 15.9 Å². The lowest BCUT2D eigenvalue weighted by Crippen LogP contribution is -2.15. The van der Waals surface area contributed by atoms with E-state index < -0.39 is 0 Å². The van der Waals surface area contributed by atoms with Gasteiger partial charge in [-0.05, 0) is 24.5 Å². The van der Waals surface area contributed by atoms with E-state index in [0.29, 0.717) is 0 Å². The molecular weight excluding hydrogens is 238 g/mol. The van der Waals surface area contributed by atoms with Crippen LogP contribution in [-0.2, 0) is 0 Å². The summed E-state index contributed by atoms with van der Waals surface area (Å²) in [6, 6.07) is 9.05. The topological polar surface area (TPSA) is 12.0 Å². The van der Waals surface area contributed by atoms with Gasteiger partial charge in [0.05, 0.1) is 0 Å². The zero-order valence-electron chi connectivity index (χ0n) is 8.04. The first-order valence-corrected chi connectivity index (χ1v) is 5.80. The Hall–Kier alpha value is -0.600. The molecule has 2 rings (SSSR count). The molecule has 0 bridgehead atoms. The van der Waals surface area contributed by atoms with Crippen molar-refractivity contribution in [2.45, 2.75) is 18.9 Å². The third-order valence-corrected chi connectivity index (χ3v) is 3.03. The van der Waals surface area contributed by atoms with Crippen molar-refractivity contribution in [1.82, 2.24) is 5.32 Å². The van der Waals surface area contributed by atoms with E-state index in [4.69, 9.17) is 0 Å². The Bertz CT molecular complexity index is 329. The molecule has 1 aromatic carbocycles. The lowest BCUT2D eigenvalue weighted by molar-refractivity contribution is 0.754. The van der Waals surface area contributed by atoms with Gasteiger partial charge in [0.2, 0.25) is 0 Å². The Morgan fingerprint density at radius 2 is 2.14 bits per heavy atom. The maximum Gasteiger partial charge on any atom is 0.0247 e. The second-order valence-electron chi connectivity index (χ2n) is 3.61. The molecule has 0 saturated heterocycles. The van der Waals surface area contributed by atoms with Crippen LogP contribution in [0.25, 0.3) is 6.08 Å². The van der Waals surface area contributed by atoms with E-state index in [-0.39, 0.29) is 0 Å². The van der Waals surface area contributed by atoms with Gasteiger partial charge in [-0.1, -0.05) is 46.3 Å². The fourth-order valence-electron chi connectivity index (χ4n) is 1.32. The van der Waals surface area contributed by atoms with Gasteiger partial charge in [0.25, 0.3) is 0 Å². The molecule has 0 atom stereocenters. The van der Waals surface area contributed by atoms with Crippen LogP contribution in [0.5, 0.6) is 0 Å². The highest BCUT2D eigenvalue weighted by Gasteiger charge is 2.18. The van der Waals surface area contributed by atoms with Crippen molar-refractivity contribution in [2.75, 3.05) is 6.54 Å². The predicted octanol–water partition coefficient (Wildman–Crippen LogP) is 3.21. The minimum absolute atomic E-state index is 0.791. The van der Waals surface area contributed by atoms with Crippen molar-refractivity contribution in [3.63, 3.8) is 0 Å². The first kappa shape index (κ1) is 9.94. The van der Waals surface area contributed by atoms with Crippen molar-refractivity contribution in [3.05, 3.63) is 40.4 Å². The third-order valence-electron chi connectivity index (χ3n) is 2.30. The highest BCUT2D eigenvalue weighted by Crippen LogP contribution is 2.19. The van der Waals surface area contributed by atoms with Crippen LogP contribution in [0.15, 0.2) is 34.8 Å². The van der Waals surface area contributed by atoms with Gasteiger partial charge in [-0.2, -0.15) is 0 Å². The van der Waals surface area contributed by atoms with Gasteiger partial charge >= 0.3 is 0 Å². The summed E-state index contributed by atoms with van der Waals surface area (Å²) in [6.07, 6.45) is 7.03. The van der Waals surface area contributed by atoms with Gasteiger partial charge in [-0.3, -0.25) is 0 Å². The molecule has 1 aromatic rings. The summed E-state index contributed by atoms with van der Waals surface area (Å²) in [6.45, 7) is 0.978. The van der Waals surface area contributed by atoms with E-state index in [2.05, 4.69) is 51.6 Å². The van der Waals surface area contributed by atoms with Gasteiger partial charge in [-0.15, -0.1) is 0 Å². The average molecular weight is 252 g/mol. The van der Waals surface area contributed by atoms with Crippen molar-refractivity contribution in [1.29, 1.82) is 0 Å². The van der Waals surface area contributed by atoms with E-state index in [1.165, 1.54) is 18.4 Å². The van der Waals surface area contributed by atoms with Crippen molar-refractivity contribution in [2.24, 2.45) is 0 Å². The fourth-order valence-corrected chi connectivity index (χ4v) is 1.74. The first-order valence-electron chi connectivity index (χ1n) is 5.01. The smallest absolute Gasteiger partial charge is 0.0247 e. The molecule has 0 aliphatic heterocycles. The average Bonchev–Trinajstić information content (AvgIpc) is 2.99. The molecule has 0 spiro atoms. The molecule has 1 saturated carbocycles. The molecule has 0 aromatic heterocycles. The summed E-state index contributed by atoms with van der Waals surface area (Å²) < 4.78 is 1.16. The Morgan fingerprint density at radius 3 is 2.86 bits per heavy atom. The summed E-state index contributed by atoms with van der Waals surface area (Å²) >= 11 is 3.52. The quantitative estimate of drug-likeness (QED) is 0.867. The number of rotatable bonds is 4. The summed E-state index contributed by atoms with van der Waals surface area (Å²) in [4.78, 5) is 0. The predicted molar refractivity (Wildman–Crippen MR) is 64.2 cm³/mol. The normalized spacial score (nSPS) is 16.4. The van der Waals surface area contributed by atoms with E-state index in [1.807, 2.05) is 6.07 Å². The van der Waals surface area contributed by atoms with Crippen molar-refractivity contribution >= 4 is 22.0 Å². The number of halogens is 1. The van der Waals surface area contributed by atoms with Crippen LogP contribution in [0, 0.1) is 0 Å². The second kappa shape index (κ2) is 4.76. The minimum Gasteiger partial charge on any atom is -0.311 e. The minimum atomic E-state index is 0.791. The Balaban J connectivity index is 1.85. The molecule has 0 heterocycles. The number of hydrogen-bond donors (Lipinski definition) is 1. The molecule has 0 amide bonds. The Kier molecular flexibility index (Phi) is 3.38. The molecule has 1 aliphatic rings. The number of benzene rings is 1. The van der Waals surface area contributed by atoms with Crippen LogP contribution in [-0.4, -0.2) is 12.6 Å². The number of nitrogens with one attached hydrogen (secondary N) is 1. The summed E-state index contributed by atoms with van der Waals surface area (Å²) in [7, 11) is 0. The van der Waals surface area contributed by atoms with Gasteiger partial charge in [0.1, 0.15) is 0 Å². The SMILES string of the molecule is Brc1ccccc1C=CCNC1CC1. The van der Waals surface area contributed by atoms with Crippen LogP contribution in [0.2, 0.25) is 0 Å². The third kappa shape index (κ3) is 2.96. The lowest BCUT2D eigenvalue weighted by Gasteiger charge is -1.98. The Morgan fingerprint density at radius 1 is 1.36 bits per heavy atom. The maximum atomic E-state index is 3.52. The summed E-state index contributed by atoms with van der Waals surface area (Å²) in [5.74, 6) is 0. The maximum absolute atomic E-state index is 3.52. The zero-order valence-corrected chi connectivity index (χ0v) is 9.63. The Labute approximate surface area is 93.3 Å². The number of hydrogen-bond acceptors (Lipinski definition) is 1. The van der Waals surface area contributed by atoms with Crippen LogP contribution in [0.3, 0.4) is 0 Å². The van der Waals surface area contributed by atoms with Crippen LogP contribution in [0.1, 0.15) is 18.4 Å². The molecule has 14 heavy (non-hydrogen) atoms. The van der Waals surface area contributed by atoms with Gasteiger partial charge in [-0.25, -0.2) is 0 Å². The monoisotopic (exact) mass is 251 g/mol. The summed E-state index contributed by atoms with van der Waals surface area (Å²) in [5.41, 5.74) is 1.24. The van der Waals surface area contributed by atoms with E-state index in [1.54, 1.807) is 0 Å². The molecule has 1 fully saturated rings. The van der Waals surface area contributed by atoms with Gasteiger partial charge < -0.3 is 5.32 Å². The standard InChI is InChI=1S/C12H14BrN/c13-12-6-2-1-4-10(12)5-3-9-14-11-7-8-11/h1-6,11,14H,7-9H2. The molecule has 1 aliphatic carbocycles. The van der Waals surface area contributed by atoms with E-state index in [0.717, 1.165) is 17.1 Å². The van der Waals surface area contributed by atoms with Crippen molar-refractivity contribution < 1.29 is 0 Å². The fraction of sp³-hybridized carbons (Fsp3) is 0.333. The lowest BCUT2D eigenvalue weighted by atomic mass is 10.2. The van der Waals surface area contributed by atoms with Gasteiger partial charge in [0, 0.05) is 17.1 Å². The highest BCUT2D eigenvalue weighted by molar-refractivity contribution is 9.10. The van der Waals surface area contributed by atoms with E-state index >= 15 is 0 Å². The van der Waals surface area contributed by atoms with Crippen molar-refractivity contribution in [3.8, 4) is 0 Å². The van der Waals surface area contributed by atoms with Gasteiger partial charge in [0.15, 0.2) is 0 Å². The second-order valence-corrected chi connectivity index (χ2v) is 4.46. The molecule has 74 valence electrons. The van der Waals surface area contributed by atoms with Crippen LogP contribution in [0.4, 0.5) is 0 Å². The van der Waals surface area contributed by atoms with E-state index in [9.17, 15) is 0 Å². The molecule has 2 heteroatoms. The van der Waals surface area contributed by atoms with Crippen LogP contribution < -0.4 is 5.32 Å². The zero-order chi connectivity index (χ0) is 9.80. The molecule has 0 unspecified atom stereocenters. The summed E-state index contributed by atoms with van der Waals surface area (Å²) in [5, 5.41) is 3.44.